The molecular formula is C27H28N6O4. The first-order valence-electron chi connectivity index (χ1n) is 11.4. The van der Waals surface area contributed by atoms with Gasteiger partial charge in [0.25, 0.3) is 17.7 Å². The van der Waals surface area contributed by atoms with Crippen molar-refractivity contribution in [2.24, 2.45) is 0 Å². The normalized spacial score (nSPS) is 11.0. The minimum absolute atomic E-state index is 0.265. The molecule has 0 bridgehead atoms. The Morgan fingerprint density at radius 2 is 1.54 bits per heavy atom. The van der Waals surface area contributed by atoms with Gasteiger partial charge in [0.2, 0.25) is 0 Å². The maximum atomic E-state index is 12.8. The largest absolute Gasteiger partial charge is 0.357 e. The summed E-state index contributed by atoms with van der Waals surface area (Å²) in [5.41, 5.74) is 6.10. The average Bonchev–Trinajstić information content (AvgIpc) is 2.93. The molecule has 0 aliphatic heterocycles. The van der Waals surface area contributed by atoms with Crippen LogP contribution in [-0.2, 0) is 22.7 Å². The summed E-state index contributed by atoms with van der Waals surface area (Å²) in [4.78, 5) is 46.1. The van der Waals surface area contributed by atoms with Gasteiger partial charge >= 0.3 is 0 Å². The molecule has 4 N–H and O–H groups in total. The van der Waals surface area contributed by atoms with Crippen LogP contribution in [0.25, 0.3) is 0 Å². The lowest BCUT2D eigenvalue weighted by atomic mass is 10.1. The molecule has 10 heteroatoms. The Kier molecular flexibility index (Phi) is 9.43. The highest BCUT2D eigenvalue weighted by atomic mass is 16.5. The van der Waals surface area contributed by atoms with Crippen molar-refractivity contribution in [2.75, 3.05) is 14.1 Å². The Hall–Kier alpha value is -4.59. The summed E-state index contributed by atoms with van der Waals surface area (Å²) in [5.74, 6) is 3.84. The van der Waals surface area contributed by atoms with Crippen molar-refractivity contribution >= 4 is 17.7 Å². The molecule has 1 heterocycles. The van der Waals surface area contributed by atoms with Crippen LogP contribution in [0.3, 0.4) is 0 Å². The fraction of sp³-hybridized carbons (Fsp3) is 0.222. The highest BCUT2D eigenvalue weighted by Gasteiger charge is 2.33. The van der Waals surface area contributed by atoms with Crippen molar-refractivity contribution in [3.8, 4) is 11.8 Å². The van der Waals surface area contributed by atoms with Crippen molar-refractivity contribution in [1.82, 2.24) is 31.0 Å². The van der Waals surface area contributed by atoms with Gasteiger partial charge in [-0.2, -0.15) is 0 Å². The first-order chi connectivity index (χ1) is 17.8. The number of likely N-dealkylation sites (N-methyl/N-ethyl adjacent to an activating group) is 2. The van der Waals surface area contributed by atoms with E-state index in [1.54, 1.807) is 36.7 Å². The van der Waals surface area contributed by atoms with Crippen LogP contribution in [-0.4, -0.2) is 57.9 Å². The van der Waals surface area contributed by atoms with Gasteiger partial charge in [-0.1, -0.05) is 24.0 Å². The lowest BCUT2D eigenvalue weighted by molar-refractivity contribution is -0.140. The summed E-state index contributed by atoms with van der Waals surface area (Å²) < 4.78 is 0. The lowest BCUT2D eigenvalue weighted by Crippen LogP contribution is -2.54. The number of benzene rings is 2. The zero-order valence-electron chi connectivity index (χ0n) is 20.8. The minimum Gasteiger partial charge on any atom is -0.357 e. The quantitative estimate of drug-likeness (QED) is 0.158. The zero-order chi connectivity index (χ0) is 26.8. The molecule has 1 aromatic heterocycles. The van der Waals surface area contributed by atoms with E-state index >= 15 is 0 Å². The Bertz CT molecular complexity index is 1280. The fourth-order valence-corrected chi connectivity index (χ4v) is 3.38. The van der Waals surface area contributed by atoms with Crippen molar-refractivity contribution < 1.29 is 19.6 Å². The summed E-state index contributed by atoms with van der Waals surface area (Å²) in [5, 5.41) is 14.5. The Morgan fingerprint density at radius 1 is 0.919 bits per heavy atom. The van der Waals surface area contributed by atoms with Crippen molar-refractivity contribution in [3.05, 3.63) is 94.6 Å². The third-order valence-electron chi connectivity index (χ3n) is 5.47. The molecule has 3 rings (SSSR count). The summed E-state index contributed by atoms with van der Waals surface area (Å²) >= 11 is 0. The van der Waals surface area contributed by atoms with Gasteiger partial charge in [-0.3, -0.25) is 29.6 Å². The van der Waals surface area contributed by atoms with Gasteiger partial charge in [-0.15, -0.1) is 0 Å². The highest BCUT2D eigenvalue weighted by molar-refractivity contribution is 6.08. The van der Waals surface area contributed by atoms with Gasteiger partial charge in [0.05, 0.1) is 11.4 Å². The van der Waals surface area contributed by atoms with Crippen LogP contribution in [0.1, 0.15) is 38.4 Å². The number of carbonyl (C=O) groups is 3. The smallest absolute Gasteiger partial charge is 0.275 e. The molecule has 190 valence electrons. The number of hydrogen-bond acceptors (Lipinski definition) is 7. The summed E-state index contributed by atoms with van der Waals surface area (Å²) in [6, 6.07) is 12.9. The molecule has 2 aromatic carbocycles. The molecule has 1 atom stereocenters. The van der Waals surface area contributed by atoms with Crippen molar-refractivity contribution in [3.63, 3.8) is 0 Å². The summed E-state index contributed by atoms with van der Waals surface area (Å²) in [6.07, 6.45) is 3.51. The fourth-order valence-electron chi connectivity index (χ4n) is 3.38. The van der Waals surface area contributed by atoms with Gasteiger partial charge < -0.3 is 15.5 Å². The predicted molar refractivity (Wildman–Crippen MR) is 136 cm³/mol. The summed E-state index contributed by atoms with van der Waals surface area (Å²) in [6.45, 7) is 3.22. The van der Waals surface area contributed by atoms with E-state index in [9.17, 15) is 14.4 Å². The molecule has 0 fully saturated rings. The van der Waals surface area contributed by atoms with Crippen LogP contribution in [0, 0.1) is 18.8 Å². The van der Waals surface area contributed by atoms with Crippen LogP contribution in [0.15, 0.2) is 60.9 Å². The molecular weight excluding hydrogens is 472 g/mol. The number of hydrogen-bond donors (Lipinski definition) is 4. The number of hydroxylamine groups is 1. The molecule has 1 unspecified atom stereocenters. The molecule has 0 saturated heterocycles. The number of amides is 3. The molecule has 0 aliphatic rings. The average molecular weight is 501 g/mol. The van der Waals surface area contributed by atoms with E-state index in [-0.39, 0.29) is 5.56 Å². The van der Waals surface area contributed by atoms with E-state index in [0.29, 0.717) is 18.7 Å². The van der Waals surface area contributed by atoms with E-state index in [4.69, 9.17) is 5.21 Å². The van der Waals surface area contributed by atoms with E-state index < -0.39 is 23.8 Å². The number of carbonyl (C=O) groups excluding carboxylic acids is 3. The van der Waals surface area contributed by atoms with Crippen LogP contribution in [0.5, 0.6) is 0 Å². The van der Waals surface area contributed by atoms with E-state index in [1.165, 1.54) is 19.6 Å². The third kappa shape index (κ3) is 7.44. The van der Waals surface area contributed by atoms with Gasteiger partial charge in [-0.05, 0) is 48.9 Å². The van der Waals surface area contributed by atoms with Crippen LogP contribution in [0.4, 0.5) is 0 Å². The van der Waals surface area contributed by atoms with Gasteiger partial charge in [0, 0.05) is 56.3 Å². The molecule has 3 amide bonds. The van der Waals surface area contributed by atoms with Crippen molar-refractivity contribution in [1.29, 1.82) is 0 Å². The van der Waals surface area contributed by atoms with Gasteiger partial charge in [-0.25, -0.2) is 5.48 Å². The Balaban J connectivity index is 1.58. The van der Waals surface area contributed by atoms with E-state index in [2.05, 4.69) is 32.4 Å². The monoisotopic (exact) mass is 500 g/mol. The molecule has 0 saturated carbocycles. The first kappa shape index (κ1) is 27.0. The molecule has 3 aromatic rings. The van der Waals surface area contributed by atoms with Crippen LogP contribution >= 0.6 is 0 Å². The maximum Gasteiger partial charge on any atom is 0.275 e. The molecule has 0 radical (unpaired) electrons. The third-order valence-corrected chi connectivity index (χ3v) is 5.47. The molecule has 0 aliphatic carbocycles. The number of aryl methyl sites for hydroxylation is 1. The Labute approximate surface area is 215 Å². The second-order valence-electron chi connectivity index (χ2n) is 8.19. The first-order valence-corrected chi connectivity index (χ1v) is 11.4. The Morgan fingerprint density at radius 3 is 2.08 bits per heavy atom. The van der Waals surface area contributed by atoms with Gasteiger partial charge in [0.15, 0.2) is 6.04 Å². The minimum atomic E-state index is -1.52. The second kappa shape index (κ2) is 12.9. The molecule has 10 nitrogen and oxygen atoms in total. The highest BCUT2D eigenvalue weighted by Crippen LogP contribution is 2.10. The van der Waals surface area contributed by atoms with Gasteiger partial charge in [0.1, 0.15) is 0 Å². The van der Waals surface area contributed by atoms with Crippen LogP contribution in [0.2, 0.25) is 0 Å². The number of nitrogens with one attached hydrogen (secondary N) is 3. The zero-order valence-corrected chi connectivity index (χ0v) is 20.8. The number of aromatic nitrogens is 2. The number of nitrogens with zero attached hydrogens (tertiary/aromatic N) is 3. The topological polar surface area (TPSA) is 137 Å². The molecule has 0 spiro atoms. The SMILES string of the molecule is CNC(=O)C(C(=O)NO)N(C)C(=O)c1ccc(C#Cc2ccc(CNCc3cnc(C)cn3)cc2)cc1. The van der Waals surface area contributed by atoms with Crippen molar-refractivity contribution in [2.45, 2.75) is 26.1 Å². The standard InChI is InChI=1S/C27H28N6O4/c1-18-14-31-23(17-30-18)16-29-15-21-8-6-19(7-9-21)4-5-20-10-12-22(13-11-20)27(36)33(3)24(25(34)28-2)26(35)32-37/h6-14,17,24,29,37H,15-16H2,1-3H3,(H,28,34)(H,32,35). The summed E-state index contributed by atoms with van der Waals surface area (Å²) in [7, 11) is 2.64. The van der Waals surface area contributed by atoms with E-state index in [0.717, 1.165) is 27.4 Å². The number of rotatable bonds is 8. The lowest BCUT2D eigenvalue weighted by Gasteiger charge is -2.25. The van der Waals surface area contributed by atoms with E-state index in [1.807, 2.05) is 31.2 Å². The second-order valence-corrected chi connectivity index (χ2v) is 8.19. The molecule has 37 heavy (non-hydrogen) atoms. The predicted octanol–water partition coefficient (Wildman–Crippen LogP) is 1.17. The maximum absolute atomic E-state index is 12.8. The van der Waals surface area contributed by atoms with Crippen LogP contribution < -0.4 is 16.1 Å².